The first-order chi connectivity index (χ1) is 11.1. The van der Waals surface area contributed by atoms with Crippen LogP contribution in [0.3, 0.4) is 0 Å². The average molecular weight is 389 g/mol. The first-order valence-electron chi connectivity index (χ1n) is 8.34. The van der Waals surface area contributed by atoms with Gasteiger partial charge in [-0.15, -0.1) is 12.4 Å². The molecule has 0 saturated carbocycles. The lowest BCUT2D eigenvalue weighted by molar-refractivity contribution is -0.124. The molecule has 5 nitrogen and oxygen atoms in total. The highest BCUT2D eigenvalue weighted by molar-refractivity contribution is 7.92. The number of carbonyl (C=O) groups is 1. The molecule has 1 saturated heterocycles. The van der Waals surface area contributed by atoms with Crippen molar-refractivity contribution < 1.29 is 13.2 Å². The van der Waals surface area contributed by atoms with E-state index in [4.69, 9.17) is 0 Å². The highest BCUT2D eigenvalue weighted by Crippen LogP contribution is 2.29. The fourth-order valence-corrected chi connectivity index (χ4v) is 4.58. The van der Waals surface area contributed by atoms with Crippen molar-refractivity contribution in [2.45, 2.75) is 43.8 Å². The molecule has 7 heteroatoms. The highest BCUT2D eigenvalue weighted by atomic mass is 35.5. The lowest BCUT2D eigenvalue weighted by atomic mass is 9.83. The predicted octanol–water partition coefficient (Wildman–Crippen LogP) is 1.98. The lowest BCUT2D eigenvalue weighted by Crippen LogP contribution is -2.58. The molecule has 0 aliphatic carbocycles. The molecule has 1 aliphatic rings. The molecular weight excluding hydrogens is 360 g/mol. The molecule has 0 unspecified atom stereocenters. The van der Waals surface area contributed by atoms with Crippen molar-refractivity contribution in [3.63, 3.8) is 0 Å². The van der Waals surface area contributed by atoms with Gasteiger partial charge in [-0.05, 0) is 38.4 Å². The maximum Gasteiger partial charge on any atom is 0.241 e. The van der Waals surface area contributed by atoms with Gasteiger partial charge in [0.25, 0.3) is 0 Å². The van der Waals surface area contributed by atoms with Gasteiger partial charge in [-0.3, -0.25) is 4.79 Å². The van der Waals surface area contributed by atoms with E-state index >= 15 is 0 Å². The number of rotatable bonds is 5. The van der Waals surface area contributed by atoms with Crippen LogP contribution >= 0.6 is 12.4 Å². The maximum absolute atomic E-state index is 12.8. The van der Waals surface area contributed by atoms with Crippen LogP contribution in [0.25, 0.3) is 0 Å². The van der Waals surface area contributed by atoms with Crippen LogP contribution in [0.4, 0.5) is 0 Å². The highest BCUT2D eigenvalue weighted by Gasteiger charge is 2.48. The molecule has 1 aliphatic heterocycles. The largest absolute Gasteiger partial charge is 0.354 e. The summed E-state index contributed by atoms with van der Waals surface area (Å²) in [7, 11) is -3.48. The smallest absolute Gasteiger partial charge is 0.241 e. The first-order valence-corrected chi connectivity index (χ1v) is 10.2. The Morgan fingerprint density at radius 1 is 1.28 bits per heavy atom. The van der Waals surface area contributed by atoms with Crippen molar-refractivity contribution in [2.75, 3.05) is 25.9 Å². The normalized spacial score (nSPS) is 17.4. The van der Waals surface area contributed by atoms with Crippen molar-refractivity contribution in [3.8, 4) is 0 Å². The Morgan fingerprint density at radius 3 is 2.40 bits per heavy atom. The van der Waals surface area contributed by atoms with Crippen molar-refractivity contribution in [2.24, 2.45) is 0 Å². The standard InChI is InChI=1S/C18H28N2O3S.ClH/c1-14-6-5-7-15(12-14)17(2,3)13-20-16(21)18(24(4,22)23)8-10-19-11-9-18;/h5-7,12,19H,8-11,13H2,1-4H3,(H,20,21);1H. The Balaban J connectivity index is 0.00000312. The quantitative estimate of drug-likeness (QED) is 0.808. The van der Waals surface area contributed by atoms with E-state index in [-0.39, 0.29) is 23.7 Å². The van der Waals surface area contributed by atoms with Gasteiger partial charge in [-0.1, -0.05) is 43.7 Å². The molecule has 0 aromatic heterocycles. The average Bonchev–Trinajstić information content (AvgIpc) is 2.52. The van der Waals surface area contributed by atoms with Crippen LogP contribution in [0.5, 0.6) is 0 Å². The molecule has 2 N–H and O–H groups in total. The molecule has 1 heterocycles. The number of aryl methyl sites for hydroxylation is 1. The van der Waals surface area contributed by atoms with Gasteiger partial charge in [0.1, 0.15) is 0 Å². The summed E-state index contributed by atoms with van der Waals surface area (Å²) in [5, 5.41) is 6.04. The van der Waals surface area contributed by atoms with Gasteiger partial charge >= 0.3 is 0 Å². The molecule has 1 aromatic carbocycles. The zero-order valence-electron chi connectivity index (χ0n) is 15.4. The summed E-state index contributed by atoms with van der Waals surface area (Å²) in [6, 6.07) is 8.17. The zero-order chi connectivity index (χ0) is 18.0. The summed E-state index contributed by atoms with van der Waals surface area (Å²) < 4.78 is 23.3. The predicted molar refractivity (Wildman–Crippen MR) is 104 cm³/mol. The number of carbonyl (C=O) groups excluding carboxylic acids is 1. The summed E-state index contributed by atoms with van der Waals surface area (Å²) in [6.45, 7) is 7.63. The van der Waals surface area contributed by atoms with Crippen LogP contribution in [0.15, 0.2) is 24.3 Å². The fraction of sp³-hybridized carbons (Fsp3) is 0.611. The third-order valence-corrected chi connectivity index (χ3v) is 7.04. The molecule has 0 atom stereocenters. The Bertz CT molecular complexity index is 711. The number of halogens is 1. The van der Waals surface area contributed by atoms with Crippen LogP contribution in [-0.2, 0) is 20.0 Å². The molecule has 25 heavy (non-hydrogen) atoms. The van der Waals surface area contributed by atoms with Gasteiger partial charge in [0.15, 0.2) is 14.6 Å². The lowest BCUT2D eigenvalue weighted by Gasteiger charge is -2.36. The van der Waals surface area contributed by atoms with E-state index in [2.05, 4.69) is 30.5 Å². The summed E-state index contributed by atoms with van der Waals surface area (Å²) in [6.07, 6.45) is 1.81. The van der Waals surface area contributed by atoms with Crippen LogP contribution < -0.4 is 10.6 Å². The zero-order valence-corrected chi connectivity index (χ0v) is 17.0. The van der Waals surface area contributed by atoms with Crippen molar-refractivity contribution in [1.82, 2.24) is 10.6 Å². The van der Waals surface area contributed by atoms with E-state index in [1.165, 1.54) is 6.26 Å². The van der Waals surface area contributed by atoms with Crippen LogP contribution in [0.1, 0.15) is 37.8 Å². The summed E-state index contributed by atoms with van der Waals surface area (Å²) in [5.74, 6) is -0.368. The fourth-order valence-electron chi connectivity index (χ4n) is 3.23. The monoisotopic (exact) mass is 388 g/mol. The first kappa shape index (κ1) is 21.9. The van der Waals surface area contributed by atoms with E-state index in [1.54, 1.807) is 0 Å². The number of piperidine rings is 1. The minimum atomic E-state index is -3.48. The Morgan fingerprint density at radius 2 is 1.88 bits per heavy atom. The van der Waals surface area contributed by atoms with Gasteiger partial charge in [0.2, 0.25) is 5.91 Å². The summed E-state index contributed by atoms with van der Waals surface area (Å²) in [5.41, 5.74) is 2.02. The SMILES string of the molecule is Cc1cccc(C(C)(C)CNC(=O)C2(S(C)(=O)=O)CCNCC2)c1.Cl. The van der Waals surface area contributed by atoms with Gasteiger partial charge in [0.05, 0.1) is 0 Å². The van der Waals surface area contributed by atoms with Gasteiger partial charge in [-0.25, -0.2) is 8.42 Å². The Labute approximate surface area is 157 Å². The molecule has 2 rings (SSSR count). The van der Waals surface area contributed by atoms with Crippen molar-refractivity contribution in [3.05, 3.63) is 35.4 Å². The van der Waals surface area contributed by atoms with E-state index in [9.17, 15) is 13.2 Å². The molecule has 1 fully saturated rings. The number of nitrogens with one attached hydrogen (secondary N) is 2. The molecule has 1 aromatic rings. The molecule has 0 bridgehead atoms. The molecule has 1 amide bonds. The van der Waals surface area contributed by atoms with Crippen LogP contribution in [0, 0.1) is 6.92 Å². The summed E-state index contributed by atoms with van der Waals surface area (Å²) >= 11 is 0. The second kappa shape index (κ2) is 8.06. The number of hydrogen-bond donors (Lipinski definition) is 2. The number of hydrogen-bond acceptors (Lipinski definition) is 4. The number of benzene rings is 1. The molecule has 0 spiro atoms. The Hall–Kier alpha value is -1.11. The van der Waals surface area contributed by atoms with E-state index < -0.39 is 14.6 Å². The third-order valence-electron chi connectivity index (χ3n) is 5.03. The Kier molecular flexibility index (Phi) is 7.07. The van der Waals surface area contributed by atoms with Crippen LogP contribution in [0.2, 0.25) is 0 Å². The summed E-state index contributed by atoms with van der Waals surface area (Å²) in [4.78, 5) is 12.8. The maximum atomic E-state index is 12.8. The van der Waals surface area contributed by atoms with E-state index in [1.807, 2.05) is 25.1 Å². The van der Waals surface area contributed by atoms with Gasteiger partial charge in [0, 0.05) is 18.2 Å². The van der Waals surface area contributed by atoms with Gasteiger partial charge < -0.3 is 10.6 Å². The minimum Gasteiger partial charge on any atom is -0.354 e. The minimum absolute atomic E-state index is 0. The molecule has 0 radical (unpaired) electrons. The number of sulfone groups is 1. The molecular formula is C18H29ClN2O3S. The van der Waals surface area contributed by atoms with E-state index in [0.717, 1.165) is 11.1 Å². The van der Waals surface area contributed by atoms with Crippen LogP contribution in [-0.4, -0.2) is 45.0 Å². The molecule has 142 valence electrons. The second-order valence-electron chi connectivity index (χ2n) is 7.45. The topological polar surface area (TPSA) is 75.3 Å². The van der Waals surface area contributed by atoms with Gasteiger partial charge in [-0.2, -0.15) is 0 Å². The number of amides is 1. The van der Waals surface area contributed by atoms with Crippen molar-refractivity contribution in [1.29, 1.82) is 0 Å². The second-order valence-corrected chi connectivity index (χ2v) is 9.78. The third kappa shape index (κ3) is 4.74. The van der Waals surface area contributed by atoms with Crippen molar-refractivity contribution >= 4 is 28.2 Å². The van der Waals surface area contributed by atoms with E-state index in [0.29, 0.717) is 32.5 Å².